The maximum absolute atomic E-state index is 11.9. The van der Waals surface area contributed by atoms with E-state index in [1.165, 1.54) is 84.0 Å². The van der Waals surface area contributed by atoms with Crippen LogP contribution in [0.5, 0.6) is 0 Å². The third-order valence-electron chi connectivity index (χ3n) is 7.59. The average Bonchev–Trinajstić information content (AvgIpc) is 2.93. The molecule has 3 rings (SSSR count). The van der Waals surface area contributed by atoms with Crippen LogP contribution in [0.3, 0.4) is 0 Å². The van der Waals surface area contributed by atoms with E-state index in [9.17, 15) is 9.90 Å². The van der Waals surface area contributed by atoms with Gasteiger partial charge < -0.3 is 29.4 Å². The molecule has 1 aromatic rings. The minimum absolute atomic E-state index is 0.243. The van der Waals surface area contributed by atoms with Crippen LogP contribution >= 0.6 is 0 Å². The fraction of sp³-hybridized carbons (Fsp3) is 0.774. The van der Waals surface area contributed by atoms with E-state index in [0.717, 1.165) is 18.4 Å². The van der Waals surface area contributed by atoms with Crippen LogP contribution in [0.15, 0.2) is 30.3 Å². The van der Waals surface area contributed by atoms with Crippen LogP contribution in [0.2, 0.25) is 0 Å². The predicted molar refractivity (Wildman–Crippen MR) is 149 cm³/mol. The lowest BCUT2D eigenvalue weighted by atomic mass is 9.95. The number of amides is 1. The highest BCUT2D eigenvalue weighted by molar-refractivity contribution is 5.73. The summed E-state index contributed by atoms with van der Waals surface area (Å²) in [4.78, 5) is 11.9. The number of rotatable bonds is 18. The zero-order valence-electron chi connectivity index (χ0n) is 23.7. The third-order valence-corrected chi connectivity index (χ3v) is 7.59. The SMILES string of the molecule is CCCCCCCCCCCCCCCCO[C@@H]1O[C@@H]2CO[C@H](c3ccccc3)O[C@@H]2[C@H](O)[C@@H]1NC(C)=O. The fourth-order valence-electron chi connectivity index (χ4n) is 5.40. The van der Waals surface area contributed by atoms with Crippen molar-refractivity contribution in [3.8, 4) is 0 Å². The second-order valence-electron chi connectivity index (χ2n) is 10.9. The summed E-state index contributed by atoms with van der Waals surface area (Å²) in [5.74, 6) is -0.243. The second kappa shape index (κ2) is 18.0. The van der Waals surface area contributed by atoms with Gasteiger partial charge >= 0.3 is 0 Å². The molecule has 38 heavy (non-hydrogen) atoms. The predicted octanol–water partition coefficient (Wildman–Crippen LogP) is 6.19. The summed E-state index contributed by atoms with van der Waals surface area (Å²) in [6, 6.07) is 8.92. The first-order chi connectivity index (χ1) is 18.6. The standard InChI is InChI=1S/C31H51NO6/c1-3-4-5-6-7-8-9-10-11-12-13-14-15-19-22-35-31-27(32-24(2)33)28(34)29-26(37-31)23-36-30(38-29)25-20-17-16-18-21-25/h16-18,20-21,26-31,34H,3-15,19,22-23H2,1-2H3,(H,32,33)/t26-,27+,28-,29+,30+,31-/m1/s1. The largest absolute Gasteiger partial charge is 0.388 e. The molecular formula is C31H51NO6. The lowest BCUT2D eigenvalue weighted by Gasteiger charge is -2.47. The number of ether oxygens (including phenoxy) is 4. The van der Waals surface area contributed by atoms with Crippen molar-refractivity contribution in [3.05, 3.63) is 35.9 Å². The van der Waals surface area contributed by atoms with Gasteiger partial charge in [0.1, 0.15) is 24.4 Å². The number of hydrogen-bond acceptors (Lipinski definition) is 6. The summed E-state index contributed by atoms with van der Waals surface area (Å²) in [7, 11) is 0. The molecule has 1 aromatic carbocycles. The van der Waals surface area contributed by atoms with Crippen LogP contribution in [-0.2, 0) is 23.7 Å². The Balaban J connectivity index is 1.30. The van der Waals surface area contributed by atoms with Gasteiger partial charge in [0.2, 0.25) is 5.91 Å². The van der Waals surface area contributed by atoms with Crippen LogP contribution < -0.4 is 5.32 Å². The molecule has 0 unspecified atom stereocenters. The smallest absolute Gasteiger partial charge is 0.217 e. The molecule has 0 aliphatic carbocycles. The van der Waals surface area contributed by atoms with E-state index in [1.807, 2.05) is 30.3 Å². The molecule has 2 aliphatic heterocycles. The van der Waals surface area contributed by atoms with Gasteiger partial charge in [-0.1, -0.05) is 121 Å². The van der Waals surface area contributed by atoms with Crippen LogP contribution in [0.1, 0.15) is 116 Å². The monoisotopic (exact) mass is 533 g/mol. The van der Waals surface area contributed by atoms with E-state index in [-0.39, 0.29) is 12.5 Å². The van der Waals surface area contributed by atoms with Crippen molar-refractivity contribution in [1.29, 1.82) is 0 Å². The van der Waals surface area contributed by atoms with Crippen molar-refractivity contribution in [1.82, 2.24) is 5.32 Å². The molecule has 2 N–H and O–H groups in total. The Kier molecular flexibility index (Phi) is 14.7. The van der Waals surface area contributed by atoms with Gasteiger partial charge in [-0.15, -0.1) is 0 Å². The molecule has 2 fully saturated rings. The van der Waals surface area contributed by atoms with E-state index in [2.05, 4.69) is 12.2 Å². The van der Waals surface area contributed by atoms with E-state index in [4.69, 9.17) is 18.9 Å². The van der Waals surface area contributed by atoms with Gasteiger partial charge in [-0.25, -0.2) is 0 Å². The normalized spacial score (nSPS) is 27.1. The van der Waals surface area contributed by atoms with E-state index >= 15 is 0 Å². The zero-order valence-corrected chi connectivity index (χ0v) is 23.7. The number of aliphatic hydroxyl groups is 1. The summed E-state index contributed by atoms with van der Waals surface area (Å²) in [5, 5.41) is 13.9. The molecule has 0 saturated carbocycles. The van der Waals surface area contributed by atoms with Gasteiger partial charge in [0.05, 0.1) is 6.61 Å². The molecule has 0 spiro atoms. The average molecular weight is 534 g/mol. The molecule has 0 bridgehead atoms. The molecule has 6 atom stereocenters. The number of benzene rings is 1. The lowest BCUT2D eigenvalue weighted by Crippen LogP contribution is -2.66. The summed E-state index contributed by atoms with van der Waals surface area (Å²) in [5.41, 5.74) is 0.880. The van der Waals surface area contributed by atoms with Crippen LogP contribution in [-0.4, -0.2) is 54.9 Å². The fourth-order valence-corrected chi connectivity index (χ4v) is 5.40. The highest BCUT2D eigenvalue weighted by Gasteiger charge is 2.50. The Morgan fingerprint density at radius 2 is 1.47 bits per heavy atom. The molecule has 0 radical (unpaired) electrons. The molecular weight excluding hydrogens is 482 g/mol. The van der Waals surface area contributed by atoms with Crippen molar-refractivity contribution in [2.75, 3.05) is 13.2 Å². The summed E-state index contributed by atoms with van der Waals surface area (Å²) >= 11 is 0. The Hall–Kier alpha value is -1.51. The first-order valence-corrected chi connectivity index (χ1v) is 15.1. The van der Waals surface area contributed by atoms with Gasteiger partial charge in [-0.05, 0) is 6.42 Å². The zero-order chi connectivity index (χ0) is 27.0. The van der Waals surface area contributed by atoms with Crippen molar-refractivity contribution < 1.29 is 28.8 Å². The van der Waals surface area contributed by atoms with E-state index in [0.29, 0.717) is 6.61 Å². The topological polar surface area (TPSA) is 86.2 Å². The number of hydrogen-bond donors (Lipinski definition) is 2. The van der Waals surface area contributed by atoms with Crippen molar-refractivity contribution >= 4 is 5.91 Å². The van der Waals surface area contributed by atoms with Crippen LogP contribution in [0.4, 0.5) is 0 Å². The summed E-state index contributed by atoms with van der Waals surface area (Å²) < 4.78 is 24.1. The highest BCUT2D eigenvalue weighted by Crippen LogP contribution is 2.34. The number of carbonyl (C=O) groups is 1. The molecule has 7 heteroatoms. The van der Waals surface area contributed by atoms with E-state index < -0.39 is 36.9 Å². The molecule has 1 amide bonds. The van der Waals surface area contributed by atoms with Gasteiger partial charge in [0, 0.05) is 19.1 Å². The van der Waals surface area contributed by atoms with Crippen LogP contribution in [0, 0.1) is 0 Å². The van der Waals surface area contributed by atoms with Gasteiger partial charge in [0.15, 0.2) is 12.6 Å². The Bertz CT molecular complexity index is 762. The molecule has 7 nitrogen and oxygen atoms in total. The summed E-state index contributed by atoms with van der Waals surface area (Å²) in [6.07, 6.45) is 14.9. The Morgan fingerprint density at radius 1 is 0.895 bits per heavy atom. The number of unbranched alkanes of at least 4 members (excludes halogenated alkanes) is 13. The first-order valence-electron chi connectivity index (χ1n) is 15.1. The van der Waals surface area contributed by atoms with Gasteiger partial charge in [-0.2, -0.15) is 0 Å². The van der Waals surface area contributed by atoms with Crippen molar-refractivity contribution in [2.45, 2.75) is 141 Å². The molecule has 2 aliphatic rings. The number of fused-ring (bicyclic) bond motifs is 1. The number of carbonyl (C=O) groups excluding carboxylic acids is 1. The quantitative estimate of drug-likeness (QED) is 0.219. The lowest BCUT2D eigenvalue weighted by molar-refractivity contribution is -0.344. The number of nitrogens with one attached hydrogen (secondary N) is 1. The number of aliphatic hydroxyl groups excluding tert-OH is 1. The molecule has 0 aromatic heterocycles. The maximum atomic E-state index is 11.9. The Morgan fingerprint density at radius 3 is 2.05 bits per heavy atom. The van der Waals surface area contributed by atoms with Crippen molar-refractivity contribution in [2.24, 2.45) is 0 Å². The minimum atomic E-state index is -0.964. The second-order valence-corrected chi connectivity index (χ2v) is 10.9. The Labute approximate surface area is 230 Å². The molecule has 2 heterocycles. The highest BCUT2D eigenvalue weighted by atomic mass is 16.7. The van der Waals surface area contributed by atoms with Gasteiger partial charge in [-0.3, -0.25) is 4.79 Å². The van der Waals surface area contributed by atoms with Crippen LogP contribution in [0.25, 0.3) is 0 Å². The maximum Gasteiger partial charge on any atom is 0.217 e. The minimum Gasteiger partial charge on any atom is -0.388 e. The van der Waals surface area contributed by atoms with Gasteiger partial charge in [0.25, 0.3) is 0 Å². The first kappa shape index (κ1) is 31.0. The van der Waals surface area contributed by atoms with Crippen molar-refractivity contribution in [3.63, 3.8) is 0 Å². The third kappa shape index (κ3) is 10.6. The summed E-state index contributed by atoms with van der Waals surface area (Å²) in [6.45, 7) is 4.51. The molecule has 2 saturated heterocycles. The molecule has 216 valence electrons. The van der Waals surface area contributed by atoms with E-state index in [1.54, 1.807) is 0 Å².